The Morgan fingerprint density at radius 1 is 1.00 bits per heavy atom. The SMILES string of the molecule is NC(c1ccc(Cl)c(F)c1)c1cc(F)c(Br)cc1F. The van der Waals surface area contributed by atoms with Gasteiger partial charge in [0.1, 0.15) is 17.5 Å². The van der Waals surface area contributed by atoms with Crippen molar-refractivity contribution in [3.05, 3.63) is 68.4 Å². The number of halogens is 5. The second kappa shape index (κ2) is 5.53. The van der Waals surface area contributed by atoms with Crippen LogP contribution in [0.15, 0.2) is 34.8 Å². The highest BCUT2D eigenvalue weighted by Gasteiger charge is 2.17. The van der Waals surface area contributed by atoms with Gasteiger partial charge in [-0.3, -0.25) is 0 Å². The summed E-state index contributed by atoms with van der Waals surface area (Å²) < 4.78 is 40.5. The van der Waals surface area contributed by atoms with Crippen LogP contribution in [0.5, 0.6) is 0 Å². The molecule has 0 saturated heterocycles. The van der Waals surface area contributed by atoms with Gasteiger partial charge < -0.3 is 5.73 Å². The first kappa shape index (κ1) is 14.4. The second-order valence-electron chi connectivity index (χ2n) is 3.94. The normalized spacial score (nSPS) is 12.5. The van der Waals surface area contributed by atoms with Gasteiger partial charge in [-0.05, 0) is 45.8 Å². The van der Waals surface area contributed by atoms with E-state index in [9.17, 15) is 13.2 Å². The molecule has 1 nitrogen and oxygen atoms in total. The zero-order valence-corrected chi connectivity index (χ0v) is 11.8. The van der Waals surface area contributed by atoms with Crippen molar-refractivity contribution in [2.45, 2.75) is 6.04 Å². The highest BCUT2D eigenvalue weighted by atomic mass is 79.9. The summed E-state index contributed by atoms with van der Waals surface area (Å²) in [6.07, 6.45) is 0. The van der Waals surface area contributed by atoms with Gasteiger partial charge in [-0.25, -0.2) is 13.2 Å². The van der Waals surface area contributed by atoms with E-state index in [-0.39, 0.29) is 15.1 Å². The molecule has 0 radical (unpaired) electrons. The quantitative estimate of drug-likeness (QED) is 0.789. The summed E-state index contributed by atoms with van der Waals surface area (Å²) in [6, 6.07) is 4.88. The molecule has 19 heavy (non-hydrogen) atoms. The number of hydrogen-bond acceptors (Lipinski definition) is 1. The van der Waals surface area contributed by atoms with Crippen LogP contribution in [0.4, 0.5) is 13.2 Å². The van der Waals surface area contributed by atoms with E-state index < -0.39 is 23.5 Å². The summed E-state index contributed by atoms with van der Waals surface area (Å²) in [5, 5.41) is -0.0570. The van der Waals surface area contributed by atoms with Crippen LogP contribution in [-0.4, -0.2) is 0 Å². The molecule has 0 amide bonds. The summed E-state index contributed by atoms with van der Waals surface area (Å²) in [5.74, 6) is -1.97. The van der Waals surface area contributed by atoms with Gasteiger partial charge in [-0.15, -0.1) is 0 Å². The average Bonchev–Trinajstić information content (AvgIpc) is 2.36. The predicted molar refractivity (Wildman–Crippen MR) is 71.5 cm³/mol. The minimum absolute atomic E-state index is 0.00300. The van der Waals surface area contributed by atoms with E-state index in [0.717, 1.165) is 18.2 Å². The monoisotopic (exact) mass is 349 g/mol. The lowest BCUT2D eigenvalue weighted by Gasteiger charge is -2.14. The van der Waals surface area contributed by atoms with Crippen molar-refractivity contribution in [2.24, 2.45) is 5.73 Å². The molecule has 0 heterocycles. The third-order valence-electron chi connectivity index (χ3n) is 2.68. The molecule has 1 atom stereocenters. The van der Waals surface area contributed by atoms with E-state index in [1.807, 2.05) is 0 Å². The number of benzene rings is 2. The van der Waals surface area contributed by atoms with Crippen LogP contribution in [-0.2, 0) is 0 Å². The van der Waals surface area contributed by atoms with Crippen LogP contribution in [0.25, 0.3) is 0 Å². The molecule has 0 spiro atoms. The molecule has 0 aliphatic heterocycles. The third kappa shape index (κ3) is 2.94. The molecule has 0 fully saturated rings. The topological polar surface area (TPSA) is 26.0 Å². The lowest BCUT2D eigenvalue weighted by Crippen LogP contribution is -2.14. The minimum Gasteiger partial charge on any atom is -0.320 e. The minimum atomic E-state index is -0.977. The summed E-state index contributed by atoms with van der Waals surface area (Å²) in [7, 11) is 0. The molecule has 0 bridgehead atoms. The van der Waals surface area contributed by atoms with E-state index in [1.54, 1.807) is 0 Å². The predicted octanol–water partition coefficient (Wildman–Crippen LogP) is 4.57. The van der Waals surface area contributed by atoms with Crippen LogP contribution in [0, 0.1) is 17.5 Å². The molecule has 0 aromatic heterocycles. The number of hydrogen-bond donors (Lipinski definition) is 1. The number of nitrogens with two attached hydrogens (primary N) is 1. The van der Waals surface area contributed by atoms with Crippen molar-refractivity contribution >= 4 is 27.5 Å². The summed E-state index contributed by atoms with van der Waals surface area (Å²) in [4.78, 5) is 0. The van der Waals surface area contributed by atoms with Crippen molar-refractivity contribution < 1.29 is 13.2 Å². The van der Waals surface area contributed by atoms with Gasteiger partial charge in [0.2, 0.25) is 0 Å². The van der Waals surface area contributed by atoms with Gasteiger partial charge in [0, 0.05) is 5.56 Å². The van der Waals surface area contributed by atoms with E-state index in [2.05, 4.69) is 15.9 Å². The van der Waals surface area contributed by atoms with E-state index in [4.69, 9.17) is 17.3 Å². The van der Waals surface area contributed by atoms with Gasteiger partial charge in [-0.1, -0.05) is 17.7 Å². The van der Waals surface area contributed by atoms with Crippen LogP contribution >= 0.6 is 27.5 Å². The summed E-state index contributed by atoms with van der Waals surface area (Å²) in [6.45, 7) is 0. The fourth-order valence-electron chi connectivity index (χ4n) is 1.66. The highest BCUT2D eigenvalue weighted by molar-refractivity contribution is 9.10. The summed E-state index contributed by atoms with van der Waals surface area (Å²) >= 11 is 8.43. The maximum absolute atomic E-state index is 13.7. The fraction of sp³-hybridized carbons (Fsp3) is 0.0769. The smallest absolute Gasteiger partial charge is 0.142 e. The first-order valence-corrected chi connectivity index (χ1v) is 6.42. The standard InChI is InChI=1S/C13H8BrClF3N/c14-8-5-10(16)7(4-11(8)17)13(19)6-1-2-9(15)12(18)3-6/h1-5,13H,19H2. The third-order valence-corrected chi connectivity index (χ3v) is 3.59. The lowest BCUT2D eigenvalue weighted by atomic mass is 9.99. The molecule has 2 N–H and O–H groups in total. The Labute approximate surface area is 121 Å². The number of rotatable bonds is 2. The van der Waals surface area contributed by atoms with E-state index >= 15 is 0 Å². The van der Waals surface area contributed by atoms with Crippen molar-refractivity contribution in [3.8, 4) is 0 Å². The molecular weight excluding hydrogens is 343 g/mol. The fourth-order valence-corrected chi connectivity index (χ4v) is 2.09. The van der Waals surface area contributed by atoms with Crippen molar-refractivity contribution in [2.75, 3.05) is 0 Å². The molecule has 0 aliphatic rings. The van der Waals surface area contributed by atoms with Crippen LogP contribution in [0.1, 0.15) is 17.2 Å². The zero-order chi connectivity index (χ0) is 14.2. The van der Waals surface area contributed by atoms with Gasteiger partial charge >= 0.3 is 0 Å². The van der Waals surface area contributed by atoms with Gasteiger partial charge in [-0.2, -0.15) is 0 Å². The first-order valence-electron chi connectivity index (χ1n) is 5.25. The molecular formula is C13H8BrClF3N. The molecule has 2 aromatic rings. The van der Waals surface area contributed by atoms with Crippen molar-refractivity contribution in [1.29, 1.82) is 0 Å². The molecule has 2 rings (SSSR count). The van der Waals surface area contributed by atoms with E-state index in [0.29, 0.717) is 5.56 Å². The van der Waals surface area contributed by atoms with Gasteiger partial charge in [0.05, 0.1) is 15.5 Å². The van der Waals surface area contributed by atoms with Crippen LogP contribution in [0.2, 0.25) is 5.02 Å². The average molecular weight is 351 g/mol. The molecule has 0 saturated carbocycles. The van der Waals surface area contributed by atoms with Crippen molar-refractivity contribution in [1.82, 2.24) is 0 Å². The molecule has 2 aromatic carbocycles. The first-order chi connectivity index (χ1) is 8.90. The Morgan fingerprint density at radius 2 is 1.68 bits per heavy atom. The Hall–Kier alpha value is -1.04. The Balaban J connectivity index is 2.46. The Bertz CT molecular complexity index is 634. The van der Waals surface area contributed by atoms with Crippen molar-refractivity contribution in [3.63, 3.8) is 0 Å². The molecule has 100 valence electrons. The van der Waals surface area contributed by atoms with E-state index in [1.165, 1.54) is 12.1 Å². The molecule has 0 aliphatic carbocycles. The Kier molecular flexibility index (Phi) is 4.18. The highest BCUT2D eigenvalue weighted by Crippen LogP contribution is 2.28. The zero-order valence-electron chi connectivity index (χ0n) is 9.43. The summed E-state index contributed by atoms with van der Waals surface area (Å²) in [5.41, 5.74) is 6.08. The largest absolute Gasteiger partial charge is 0.320 e. The molecule has 1 unspecified atom stereocenters. The second-order valence-corrected chi connectivity index (χ2v) is 5.20. The maximum atomic E-state index is 13.7. The van der Waals surface area contributed by atoms with Crippen LogP contribution in [0.3, 0.4) is 0 Å². The van der Waals surface area contributed by atoms with Crippen LogP contribution < -0.4 is 5.73 Å². The Morgan fingerprint density at radius 3 is 2.32 bits per heavy atom. The van der Waals surface area contributed by atoms with Gasteiger partial charge in [0.25, 0.3) is 0 Å². The maximum Gasteiger partial charge on any atom is 0.142 e. The molecule has 6 heteroatoms. The van der Waals surface area contributed by atoms with Gasteiger partial charge in [0.15, 0.2) is 0 Å². The lowest BCUT2D eigenvalue weighted by molar-refractivity contribution is 0.571.